The molecule has 4 heteroatoms. The van der Waals surface area contributed by atoms with E-state index >= 15 is 0 Å². The Labute approximate surface area is 109 Å². The van der Waals surface area contributed by atoms with Crippen molar-refractivity contribution in [3.63, 3.8) is 0 Å². The summed E-state index contributed by atoms with van der Waals surface area (Å²) in [6.45, 7) is 0. The molecule has 0 radical (unpaired) electrons. The quantitative estimate of drug-likeness (QED) is 0.552. The molecule has 74 valence electrons. The van der Waals surface area contributed by atoms with Gasteiger partial charge in [-0.05, 0) is 40.3 Å². The fraction of sp³-hybridized carbons (Fsp3) is 0.200. The number of rotatable bonds is 2. The van der Waals surface area contributed by atoms with Crippen molar-refractivity contribution in [3.8, 4) is 5.75 Å². The molecule has 14 heavy (non-hydrogen) atoms. The molecule has 1 aromatic carbocycles. The van der Waals surface area contributed by atoms with E-state index in [2.05, 4.69) is 50.7 Å². The molecule has 0 bridgehead atoms. The van der Waals surface area contributed by atoms with E-state index in [0.717, 1.165) is 11.1 Å². The smallest absolute Gasteiger partial charge is 0.136 e. The van der Waals surface area contributed by atoms with Crippen molar-refractivity contribution < 1.29 is 4.74 Å². The molecule has 1 heterocycles. The van der Waals surface area contributed by atoms with Crippen molar-refractivity contribution >= 4 is 59.9 Å². The second-order valence-corrected chi connectivity index (χ2v) is 6.36. The van der Waals surface area contributed by atoms with Crippen LogP contribution in [0.15, 0.2) is 18.2 Å². The number of benzene rings is 1. The molecule has 2 aromatic rings. The minimum atomic E-state index is 0.889. The van der Waals surface area contributed by atoms with E-state index in [1.165, 1.54) is 18.5 Å². The van der Waals surface area contributed by atoms with Crippen LogP contribution in [-0.2, 0) is 5.33 Å². The second-order valence-electron chi connectivity index (χ2n) is 2.85. The molecule has 0 saturated heterocycles. The Hall–Kier alpha value is 0.190. The summed E-state index contributed by atoms with van der Waals surface area (Å²) in [4.78, 5) is 0. The van der Waals surface area contributed by atoms with Gasteiger partial charge in [-0.3, -0.25) is 0 Å². The molecule has 0 aliphatic carbocycles. The largest absolute Gasteiger partial charge is 0.495 e. The summed E-state index contributed by atoms with van der Waals surface area (Å²) in [5.74, 6) is 0.970. The van der Waals surface area contributed by atoms with Crippen molar-refractivity contribution in [1.29, 1.82) is 0 Å². The molecule has 0 spiro atoms. The highest BCUT2D eigenvalue weighted by atomic mass is 127. The van der Waals surface area contributed by atoms with Crippen LogP contribution in [0.25, 0.3) is 10.1 Å². The van der Waals surface area contributed by atoms with Crippen LogP contribution in [0.5, 0.6) is 5.75 Å². The van der Waals surface area contributed by atoms with Crippen LogP contribution in [0.1, 0.15) is 5.56 Å². The highest BCUT2D eigenvalue weighted by molar-refractivity contribution is 14.1. The van der Waals surface area contributed by atoms with Crippen molar-refractivity contribution in [3.05, 3.63) is 26.6 Å². The van der Waals surface area contributed by atoms with Gasteiger partial charge in [-0.2, -0.15) is 0 Å². The number of halogens is 2. The highest BCUT2D eigenvalue weighted by Gasteiger charge is 2.09. The monoisotopic (exact) mass is 382 g/mol. The molecule has 0 atom stereocenters. The normalized spacial score (nSPS) is 10.8. The lowest BCUT2D eigenvalue weighted by Gasteiger charge is -2.03. The SMILES string of the molecule is COc1ccc(CBr)c2cc(I)sc12. The van der Waals surface area contributed by atoms with Crippen LogP contribution in [0.4, 0.5) is 0 Å². The number of hydrogen-bond donors (Lipinski definition) is 0. The number of thiophene rings is 1. The van der Waals surface area contributed by atoms with Crippen molar-refractivity contribution in [2.45, 2.75) is 5.33 Å². The third-order valence-corrected chi connectivity index (χ3v) is 4.59. The first-order valence-electron chi connectivity index (χ1n) is 4.07. The van der Waals surface area contributed by atoms with Crippen LogP contribution in [0.3, 0.4) is 0 Å². The zero-order chi connectivity index (χ0) is 10.1. The summed E-state index contributed by atoms with van der Waals surface area (Å²) in [6.07, 6.45) is 0. The second kappa shape index (κ2) is 4.37. The van der Waals surface area contributed by atoms with Crippen LogP contribution in [0, 0.1) is 2.88 Å². The van der Waals surface area contributed by atoms with Gasteiger partial charge in [0.1, 0.15) is 5.75 Å². The molecule has 0 saturated carbocycles. The summed E-state index contributed by atoms with van der Waals surface area (Å²) < 4.78 is 7.87. The molecule has 1 aromatic heterocycles. The number of alkyl halides is 1. The fourth-order valence-corrected chi connectivity index (χ4v) is 3.79. The summed E-state index contributed by atoms with van der Waals surface area (Å²) >= 11 is 7.62. The Bertz CT molecular complexity index is 425. The summed E-state index contributed by atoms with van der Waals surface area (Å²) in [7, 11) is 1.72. The van der Waals surface area contributed by atoms with Gasteiger partial charge in [0.15, 0.2) is 0 Å². The van der Waals surface area contributed by atoms with Gasteiger partial charge in [-0.15, -0.1) is 11.3 Å². The average molecular weight is 383 g/mol. The number of methoxy groups -OCH3 is 1. The van der Waals surface area contributed by atoms with Crippen molar-refractivity contribution in [2.75, 3.05) is 7.11 Å². The van der Waals surface area contributed by atoms with E-state index in [1.807, 2.05) is 6.07 Å². The molecule has 0 unspecified atom stereocenters. The molecule has 0 aliphatic rings. The summed E-state index contributed by atoms with van der Waals surface area (Å²) in [5, 5.41) is 2.19. The van der Waals surface area contributed by atoms with E-state index in [4.69, 9.17) is 4.74 Å². The predicted molar refractivity (Wildman–Crippen MR) is 73.7 cm³/mol. The third kappa shape index (κ3) is 1.79. The Balaban J connectivity index is 2.77. The first-order valence-corrected chi connectivity index (χ1v) is 7.09. The molecule has 0 aliphatic heterocycles. The minimum absolute atomic E-state index is 0.889. The van der Waals surface area contributed by atoms with E-state index in [0.29, 0.717) is 0 Å². The molecule has 0 N–H and O–H groups in total. The Morgan fingerprint density at radius 3 is 2.93 bits per heavy atom. The minimum Gasteiger partial charge on any atom is -0.495 e. The van der Waals surface area contributed by atoms with Gasteiger partial charge in [0.25, 0.3) is 0 Å². The fourth-order valence-electron chi connectivity index (χ4n) is 1.40. The summed E-state index contributed by atoms with van der Waals surface area (Å²) in [6, 6.07) is 6.35. The van der Waals surface area contributed by atoms with Crippen LogP contribution >= 0.6 is 49.9 Å². The van der Waals surface area contributed by atoms with Gasteiger partial charge in [-0.25, -0.2) is 0 Å². The number of fused-ring (bicyclic) bond motifs is 1. The topological polar surface area (TPSA) is 9.23 Å². The zero-order valence-corrected chi connectivity index (χ0v) is 12.1. The van der Waals surface area contributed by atoms with Gasteiger partial charge in [-0.1, -0.05) is 22.0 Å². The maximum absolute atomic E-state index is 5.33. The Morgan fingerprint density at radius 2 is 2.29 bits per heavy atom. The highest BCUT2D eigenvalue weighted by Crippen LogP contribution is 2.36. The van der Waals surface area contributed by atoms with E-state index in [9.17, 15) is 0 Å². The first kappa shape index (κ1) is 10.7. The predicted octanol–water partition coefficient (Wildman–Crippen LogP) is 4.41. The molecular weight excluding hydrogens is 375 g/mol. The van der Waals surface area contributed by atoms with Crippen LogP contribution in [0.2, 0.25) is 0 Å². The zero-order valence-electron chi connectivity index (χ0n) is 7.51. The third-order valence-electron chi connectivity index (χ3n) is 2.07. The maximum Gasteiger partial charge on any atom is 0.136 e. The lowest BCUT2D eigenvalue weighted by Crippen LogP contribution is -1.84. The van der Waals surface area contributed by atoms with E-state index in [-0.39, 0.29) is 0 Å². The van der Waals surface area contributed by atoms with Crippen molar-refractivity contribution in [1.82, 2.24) is 0 Å². The molecule has 1 nitrogen and oxygen atoms in total. The maximum atomic E-state index is 5.33. The van der Waals surface area contributed by atoms with Gasteiger partial charge in [0, 0.05) is 10.7 Å². The Kier molecular flexibility index (Phi) is 3.34. The molecule has 0 amide bonds. The summed E-state index contributed by atoms with van der Waals surface area (Å²) in [5.41, 5.74) is 1.32. The van der Waals surface area contributed by atoms with E-state index in [1.54, 1.807) is 18.4 Å². The standard InChI is InChI=1S/C10H8BrIOS/c1-13-8-3-2-6(5-11)7-4-9(12)14-10(7)8/h2-4H,5H2,1H3. The van der Waals surface area contributed by atoms with Gasteiger partial charge in [0.2, 0.25) is 0 Å². The van der Waals surface area contributed by atoms with Gasteiger partial charge in [0.05, 0.1) is 14.7 Å². The van der Waals surface area contributed by atoms with Gasteiger partial charge < -0.3 is 4.74 Å². The molecule has 0 fully saturated rings. The Morgan fingerprint density at radius 1 is 1.50 bits per heavy atom. The molecular formula is C10H8BrIOS. The van der Waals surface area contributed by atoms with Crippen molar-refractivity contribution in [2.24, 2.45) is 0 Å². The average Bonchev–Trinajstić information content (AvgIpc) is 2.57. The first-order chi connectivity index (χ1) is 6.76. The van der Waals surface area contributed by atoms with Gasteiger partial charge >= 0.3 is 0 Å². The number of hydrogen-bond acceptors (Lipinski definition) is 2. The lowest BCUT2D eigenvalue weighted by atomic mass is 10.1. The molecule has 2 rings (SSSR count). The number of ether oxygens (including phenoxy) is 1. The lowest BCUT2D eigenvalue weighted by molar-refractivity contribution is 0.420. The van der Waals surface area contributed by atoms with E-state index < -0.39 is 0 Å². The van der Waals surface area contributed by atoms with Crippen LogP contribution in [-0.4, -0.2) is 7.11 Å². The van der Waals surface area contributed by atoms with Crippen LogP contribution < -0.4 is 4.74 Å².